The van der Waals surface area contributed by atoms with Crippen LogP contribution >= 0.6 is 0 Å². The lowest BCUT2D eigenvalue weighted by Gasteiger charge is -2.05. The van der Waals surface area contributed by atoms with Gasteiger partial charge in [-0.05, 0) is 91.7 Å². The summed E-state index contributed by atoms with van der Waals surface area (Å²) in [6.45, 7) is 16.1. The summed E-state index contributed by atoms with van der Waals surface area (Å²) in [6, 6.07) is 21.0. The van der Waals surface area contributed by atoms with Crippen LogP contribution in [0.3, 0.4) is 0 Å². The van der Waals surface area contributed by atoms with E-state index in [1.807, 2.05) is 44.2 Å². The third-order valence-electron chi connectivity index (χ3n) is 5.80. The summed E-state index contributed by atoms with van der Waals surface area (Å²) < 4.78 is 6.87. The van der Waals surface area contributed by atoms with Crippen LogP contribution in [0.15, 0.2) is 141 Å². The fourth-order valence-electron chi connectivity index (χ4n) is 4.29. The van der Waals surface area contributed by atoms with Gasteiger partial charge in [0.1, 0.15) is 5.70 Å². The molecule has 0 fully saturated rings. The van der Waals surface area contributed by atoms with Crippen molar-refractivity contribution in [1.29, 1.82) is 0 Å². The Balaban J connectivity index is 2.75. The van der Waals surface area contributed by atoms with E-state index in [2.05, 4.69) is 132 Å². The molecule has 0 atom stereocenters. The van der Waals surface area contributed by atoms with Crippen molar-refractivity contribution in [3.8, 4) is 17.1 Å². The zero-order valence-electron chi connectivity index (χ0n) is 22.4. The van der Waals surface area contributed by atoms with E-state index in [4.69, 9.17) is 0 Å². The van der Waals surface area contributed by atoms with Gasteiger partial charge in [0.15, 0.2) is 11.4 Å². The third kappa shape index (κ3) is 5.84. The fraction of sp³-hybridized carbons (Fsp3) is 0.118. The lowest BCUT2D eigenvalue weighted by molar-refractivity contribution is -1.16. The molecule has 3 aromatic rings. The number of para-hydroxylation sites is 1. The van der Waals surface area contributed by atoms with Crippen LogP contribution in [-0.2, 0) is 0 Å². The van der Waals surface area contributed by atoms with Crippen molar-refractivity contribution >= 4 is 17.0 Å². The molecule has 186 valence electrons. The summed E-state index contributed by atoms with van der Waals surface area (Å²) >= 11 is 0. The van der Waals surface area contributed by atoms with E-state index in [0.29, 0.717) is 0 Å². The fourth-order valence-corrected chi connectivity index (χ4v) is 4.29. The molecule has 0 aliphatic carbocycles. The molecule has 0 aliphatic rings. The van der Waals surface area contributed by atoms with Crippen molar-refractivity contribution in [3.05, 3.63) is 146 Å². The molecule has 0 radical (unpaired) electrons. The molecule has 3 rings (SSSR count). The minimum absolute atomic E-state index is 0.997. The highest BCUT2D eigenvalue weighted by molar-refractivity contribution is 5.76. The number of rotatable bonds is 10. The lowest BCUT2D eigenvalue weighted by atomic mass is 10.1. The Morgan fingerprint density at radius 1 is 0.757 bits per heavy atom. The molecule has 0 bridgehead atoms. The van der Waals surface area contributed by atoms with Crippen molar-refractivity contribution in [1.82, 2.24) is 4.57 Å². The van der Waals surface area contributed by atoms with Crippen molar-refractivity contribution in [2.45, 2.75) is 27.7 Å². The Bertz CT molecular complexity index is 1410. The van der Waals surface area contributed by atoms with Gasteiger partial charge in [-0.15, -0.1) is 0 Å². The van der Waals surface area contributed by atoms with Gasteiger partial charge in [0.25, 0.3) is 0 Å². The topological polar surface area (TPSA) is 12.7 Å². The van der Waals surface area contributed by atoms with Crippen molar-refractivity contribution in [2.24, 2.45) is 0 Å². The van der Waals surface area contributed by atoms with Crippen LogP contribution in [0.25, 0.3) is 34.0 Å². The molecule has 2 aromatic carbocycles. The molecule has 0 spiro atoms. The van der Waals surface area contributed by atoms with Crippen LogP contribution in [0.4, 0.5) is 0 Å². The van der Waals surface area contributed by atoms with Crippen LogP contribution in [0, 0.1) is 0 Å². The summed E-state index contributed by atoms with van der Waals surface area (Å²) in [6.07, 6.45) is 22.4. The highest BCUT2D eigenvalue weighted by atomic mass is 15.5. The molecule has 0 saturated heterocycles. The second kappa shape index (κ2) is 13.6. The molecule has 0 aliphatic heterocycles. The first-order valence-electron chi connectivity index (χ1n) is 12.6. The minimum Gasteiger partial charge on any atom is -0.150 e. The molecule has 3 heteroatoms. The number of hydrogen-bond donors (Lipinski definition) is 0. The van der Waals surface area contributed by atoms with Crippen molar-refractivity contribution in [3.63, 3.8) is 0 Å². The van der Waals surface area contributed by atoms with Crippen LogP contribution in [-0.4, -0.2) is 4.57 Å². The molecule has 0 saturated carbocycles. The molecule has 0 unspecified atom stereocenters. The summed E-state index contributed by atoms with van der Waals surface area (Å²) in [7, 11) is 0. The molecule has 1 aromatic heterocycles. The summed E-state index contributed by atoms with van der Waals surface area (Å²) in [5.41, 5.74) is 5.23. The predicted molar refractivity (Wildman–Crippen MR) is 159 cm³/mol. The molecular formula is C34H37N3+2. The van der Waals surface area contributed by atoms with Gasteiger partial charge in [0.2, 0.25) is 0 Å². The second-order valence-electron chi connectivity index (χ2n) is 8.19. The van der Waals surface area contributed by atoms with Gasteiger partial charge in [-0.3, -0.25) is 0 Å². The summed E-state index contributed by atoms with van der Waals surface area (Å²) in [4.78, 5) is 0. The third-order valence-corrected chi connectivity index (χ3v) is 5.80. The van der Waals surface area contributed by atoms with Gasteiger partial charge < -0.3 is 0 Å². The molecule has 0 amide bonds. The average molecular weight is 488 g/mol. The van der Waals surface area contributed by atoms with Gasteiger partial charge in [0.05, 0.1) is 11.1 Å². The first-order valence-corrected chi connectivity index (χ1v) is 12.6. The summed E-state index contributed by atoms with van der Waals surface area (Å²) in [5.74, 6) is 2.02. The highest BCUT2D eigenvalue weighted by Crippen LogP contribution is 2.28. The molecule has 1 heterocycles. The minimum atomic E-state index is 0.997. The largest absolute Gasteiger partial charge is 0.339 e. The first kappa shape index (κ1) is 27.1. The van der Waals surface area contributed by atoms with E-state index in [9.17, 15) is 0 Å². The number of hydrogen-bond acceptors (Lipinski definition) is 0. The Hall–Kier alpha value is -4.50. The Morgan fingerprint density at radius 3 is 1.95 bits per heavy atom. The van der Waals surface area contributed by atoms with Gasteiger partial charge in [-0.2, -0.15) is 4.57 Å². The SMILES string of the molecule is C=C/C=C\C(=C/C)c1n(C(/C=C\C)=C/C=C)c(-c2ccccc2)[n+](-c2ccccc2)[n+]1C(/C=C\C)=C/C. The average Bonchev–Trinajstić information content (AvgIpc) is 3.28. The maximum Gasteiger partial charge on any atom is 0.339 e. The maximum atomic E-state index is 4.02. The van der Waals surface area contributed by atoms with Gasteiger partial charge in [-0.1, -0.05) is 86.0 Å². The van der Waals surface area contributed by atoms with Crippen molar-refractivity contribution in [2.75, 3.05) is 0 Å². The van der Waals surface area contributed by atoms with Gasteiger partial charge in [-0.25, -0.2) is 0 Å². The van der Waals surface area contributed by atoms with Crippen LogP contribution in [0.5, 0.6) is 0 Å². The van der Waals surface area contributed by atoms with Crippen LogP contribution in [0.2, 0.25) is 0 Å². The normalized spacial score (nSPS) is 13.2. The zero-order chi connectivity index (χ0) is 26.6. The van der Waals surface area contributed by atoms with E-state index in [0.717, 1.165) is 39.9 Å². The van der Waals surface area contributed by atoms with E-state index < -0.39 is 0 Å². The quantitative estimate of drug-likeness (QED) is 0.204. The Morgan fingerprint density at radius 2 is 1.41 bits per heavy atom. The van der Waals surface area contributed by atoms with E-state index in [1.165, 1.54) is 0 Å². The summed E-state index contributed by atoms with van der Waals surface area (Å²) in [5, 5.41) is 0. The Kier molecular flexibility index (Phi) is 9.92. The number of nitrogens with zero attached hydrogens (tertiary/aromatic N) is 3. The van der Waals surface area contributed by atoms with E-state index in [-0.39, 0.29) is 0 Å². The Labute approximate surface area is 222 Å². The van der Waals surface area contributed by atoms with Gasteiger partial charge in [0, 0.05) is 0 Å². The monoisotopic (exact) mass is 487 g/mol. The number of benzene rings is 2. The molecule has 37 heavy (non-hydrogen) atoms. The second-order valence-corrected chi connectivity index (χ2v) is 8.19. The number of allylic oxidation sites excluding steroid dienone is 14. The number of aromatic nitrogens is 3. The molecule has 3 nitrogen and oxygen atoms in total. The molecular weight excluding hydrogens is 450 g/mol. The van der Waals surface area contributed by atoms with Crippen molar-refractivity contribution < 1.29 is 9.36 Å². The van der Waals surface area contributed by atoms with Crippen LogP contribution < -0.4 is 9.36 Å². The standard InChI is InChI=1S/C34H37N3/c1-7-13-23-28(11-5)33-35(31(21-9-3)22-10-4)34(29-24-16-14-17-25-29)37(32-26-18-15-19-27-32)36(33)30(12-6)20-8-2/h7-27H,1,3H2,2,4-6H3/q+2/b20-8-,22-10-,23-13-,28-11+,30-12+,31-21+. The lowest BCUT2D eigenvalue weighted by Crippen LogP contribution is -2.64. The first-order chi connectivity index (χ1) is 18.2. The van der Waals surface area contributed by atoms with E-state index >= 15 is 0 Å². The predicted octanol–water partition coefficient (Wildman–Crippen LogP) is 7.90. The highest BCUT2D eigenvalue weighted by Gasteiger charge is 2.39. The molecule has 0 N–H and O–H groups in total. The van der Waals surface area contributed by atoms with E-state index in [1.54, 1.807) is 6.08 Å². The van der Waals surface area contributed by atoms with Crippen LogP contribution in [0.1, 0.15) is 33.5 Å². The zero-order valence-corrected chi connectivity index (χ0v) is 22.4. The maximum absolute atomic E-state index is 4.02. The van der Waals surface area contributed by atoms with Gasteiger partial charge >= 0.3 is 11.6 Å². The smallest absolute Gasteiger partial charge is 0.150 e.